The molecule has 1 aromatic heterocycles. The van der Waals surface area contributed by atoms with E-state index < -0.39 is 32.5 Å². The van der Waals surface area contributed by atoms with E-state index in [1.54, 1.807) is 0 Å². The lowest BCUT2D eigenvalue weighted by Crippen LogP contribution is -2.37. The van der Waals surface area contributed by atoms with Crippen LogP contribution in [0.15, 0.2) is 40.9 Å². The summed E-state index contributed by atoms with van der Waals surface area (Å²) < 4.78 is 45.8. The van der Waals surface area contributed by atoms with E-state index in [9.17, 15) is 19.0 Å². The molecule has 332 valence electrons. The van der Waals surface area contributed by atoms with E-state index in [4.69, 9.17) is 27.7 Å². The summed E-state index contributed by atoms with van der Waals surface area (Å²) in [6, 6.07) is 0. The standard InChI is InChI=1S/C46H78NO10P/c1-8-10-11-12-13-14-15-19-24-30-43-44(57-43)31-25-21-22-26-32-45(48)52-36-40(37-54-58(50,51)53-35-34-47(5,6)7)55-46(49)33-27-20-17-16-18-23-29-42-39(4)38(3)41(56-42)28-9-2/h13-14,19,21,24-25,40,43-44H,8-12,15-18,20,22-23,26-37H2,1-7H3/b14-13-,24-19-,25-21-/t40-,43?,44?/m1/s1. The number of rotatable bonds is 35. The summed E-state index contributed by atoms with van der Waals surface area (Å²) in [4.78, 5) is 37.7. The predicted octanol–water partition coefficient (Wildman–Crippen LogP) is 10.1. The fraction of sp³-hybridized carbons (Fsp3) is 0.739. The largest absolute Gasteiger partial charge is 0.756 e. The maximum absolute atomic E-state index is 12.7. The second kappa shape index (κ2) is 29.7. The van der Waals surface area contributed by atoms with Crippen LogP contribution in [0.1, 0.15) is 152 Å². The molecule has 12 heteroatoms. The van der Waals surface area contributed by atoms with Gasteiger partial charge in [-0.15, -0.1) is 0 Å². The topological polar surface area (TPSA) is 137 Å². The van der Waals surface area contributed by atoms with E-state index in [1.807, 2.05) is 21.1 Å². The number of hydrogen-bond donors (Lipinski definition) is 0. The minimum absolute atomic E-state index is 0.0524. The number of unbranched alkanes of at least 4 members (excludes halogenated alkanes) is 9. The first-order valence-electron chi connectivity index (χ1n) is 22.2. The van der Waals surface area contributed by atoms with Crippen molar-refractivity contribution in [1.29, 1.82) is 0 Å². The predicted molar refractivity (Wildman–Crippen MR) is 229 cm³/mol. The van der Waals surface area contributed by atoms with Gasteiger partial charge < -0.3 is 37.1 Å². The van der Waals surface area contributed by atoms with E-state index in [1.165, 1.54) is 30.4 Å². The van der Waals surface area contributed by atoms with Crippen LogP contribution < -0.4 is 4.89 Å². The number of carbonyl (C=O) groups is 2. The SMILES string of the molecule is CCCCC/C=C\C/C=C\CC1OC1C/C=C\CCCC(=O)OC[C@H](COP(=O)([O-])OCC[N+](C)(C)C)OC(=O)CCCCCCCCc1oc(CCC)c(C)c1C. The first-order valence-corrected chi connectivity index (χ1v) is 23.6. The summed E-state index contributed by atoms with van der Waals surface area (Å²) >= 11 is 0. The van der Waals surface area contributed by atoms with Crippen molar-refractivity contribution in [2.24, 2.45) is 0 Å². The number of nitrogens with zero attached hydrogens (tertiary/aromatic N) is 1. The number of furan rings is 1. The van der Waals surface area contributed by atoms with Crippen LogP contribution in [0.5, 0.6) is 0 Å². The number of esters is 2. The number of phosphoric ester groups is 1. The highest BCUT2D eigenvalue weighted by Gasteiger charge is 2.36. The van der Waals surface area contributed by atoms with Gasteiger partial charge in [0, 0.05) is 25.7 Å². The average molecular weight is 836 g/mol. The number of carbonyl (C=O) groups excluding carboxylic acids is 2. The van der Waals surface area contributed by atoms with Crippen molar-refractivity contribution in [1.82, 2.24) is 0 Å². The molecule has 0 amide bonds. The molecule has 3 unspecified atom stereocenters. The molecule has 0 bridgehead atoms. The zero-order chi connectivity index (χ0) is 42.7. The zero-order valence-electron chi connectivity index (χ0n) is 37.1. The first kappa shape index (κ1) is 51.6. The molecule has 0 saturated carbocycles. The molecule has 11 nitrogen and oxygen atoms in total. The van der Waals surface area contributed by atoms with Gasteiger partial charge >= 0.3 is 11.9 Å². The summed E-state index contributed by atoms with van der Waals surface area (Å²) in [5.41, 5.74) is 2.56. The monoisotopic (exact) mass is 836 g/mol. The third kappa shape index (κ3) is 25.2. The molecule has 2 heterocycles. The number of allylic oxidation sites excluding steroid dienone is 4. The van der Waals surface area contributed by atoms with Gasteiger partial charge in [0.15, 0.2) is 6.10 Å². The summed E-state index contributed by atoms with van der Waals surface area (Å²) in [5.74, 6) is 1.28. The zero-order valence-corrected chi connectivity index (χ0v) is 38.0. The Morgan fingerprint density at radius 1 is 0.724 bits per heavy atom. The van der Waals surface area contributed by atoms with Crippen LogP contribution in [0.2, 0.25) is 0 Å². The number of phosphoric acid groups is 1. The van der Waals surface area contributed by atoms with Gasteiger partial charge in [-0.3, -0.25) is 14.2 Å². The molecule has 1 fully saturated rings. The minimum Gasteiger partial charge on any atom is -0.756 e. The Morgan fingerprint density at radius 2 is 1.33 bits per heavy atom. The lowest BCUT2D eigenvalue weighted by molar-refractivity contribution is -0.870. The van der Waals surface area contributed by atoms with Crippen molar-refractivity contribution >= 4 is 19.8 Å². The molecule has 0 aliphatic carbocycles. The third-order valence-corrected chi connectivity index (χ3v) is 11.2. The van der Waals surface area contributed by atoms with Gasteiger partial charge in [-0.25, -0.2) is 0 Å². The van der Waals surface area contributed by atoms with E-state index in [0.717, 1.165) is 88.6 Å². The lowest BCUT2D eigenvalue weighted by Gasteiger charge is -2.28. The molecule has 1 saturated heterocycles. The molecule has 0 N–H and O–H groups in total. The summed E-state index contributed by atoms with van der Waals surface area (Å²) in [6.45, 7) is 8.26. The fourth-order valence-corrected chi connectivity index (χ4v) is 7.11. The second-order valence-corrected chi connectivity index (χ2v) is 18.1. The van der Waals surface area contributed by atoms with Gasteiger partial charge in [0.1, 0.15) is 31.3 Å². The lowest BCUT2D eigenvalue weighted by atomic mass is 10.0. The molecular formula is C46H78NO10P. The number of likely N-dealkylation sites (N-methyl/N-ethyl adjacent to an activating group) is 1. The van der Waals surface area contributed by atoms with Gasteiger partial charge in [0.25, 0.3) is 7.82 Å². The van der Waals surface area contributed by atoms with E-state index in [0.29, 0.717) is 30.3 Å². The Morgan fingerprint density at radius 3 is 2.02 bits per heavy atom. The third-order valence-electron chi connectivity index (χ3n) is 10.2. The molecule has 1 aromatic rings. The Labute approximate surface area is 351 Å². The van der Waals surface area contributed by atoms with Gasteiger partial charge in [0.05, 0.1) is 40.0 Å². The molecule has 0 radical (unpaired) electrons. The fourth-order valence-electron chi connectivity index (χ4n) is 6.38. The van der Waals surface area contributed by atoms with Gasteiger partial charge in [0.2, 0.25) is 0 Å². The van der Waals surface area contributed by atoms with Crippen LogP contribution in [0.3, 0.4) is 0 Å². The summed E-state index contributed by atoms with van der Waals surface area (Å²) in [7, 11) is 1.09. The number of quaternary nitrogens is 1. The highest BCUT2D eigenvalue weighted by atomic mass is 31.2. The number of epoxide rings is 1. The van der Waals surface area contributed by atoms with Crippen molar-refractivity contribution in [3.05, 3.63) is 59.1 Å². The highest BCUT2D eigenvalue weighted by Crippen LogP contribution is 2.38. The van der Waals surface area contributed by atoms with E-state index in [-0.39, 0.29) is 38.3 Å². The average Bonchev–Trinajstić information content (AvgIpc) is 3.87. The van der Waals surface area contributed by atoms with Crippen molar-refractivity contribution in [2.75, 3.05) is 47.5 Å². The van der Waals surface area contributed by atoms with Crippen LogP contribution in [-0.2, 0) is 50.3 Å². The van der Waals surface area contributed by atoms with Gasteiger partial charge in [-0.2, -0.15) is 0 Å². The number of hydrogen-bond acceptors (Lipinski definition) is 10. The Balaban J connectivity index is 1.67. The maximum atomic E-state index is 12.7. The molecule has 2 rings (SSSR count). The molecule has 1 aliphatic heterocycles. The molecule has 58 heavy (non-hydrogen) atoms. The molecule has 0 spiro atoms. The minimum atomic E-state index is -4.66. The van der Waals surface area contributed by atoms with Crippen molar-refractivity contribution < 1.29 is 51.2 Å². The summed E-state index contributed by atoms with van der Waals surface area (Å²) in [6.07, 6.45) is 30.6. The van der Waals surface area contributed by atoms with Crippen molar-refractivity contribution in [3.8, 4) is 0 Å². The summed E-state index contributed by atoms with van der Waals surface area (Å²) in [5, 5.41) is 0. The Bertz CT molecular complexity index is 1430. The maximum Gasteiger partial charge on any atom is 0.306 e. The number of aryl methyl sites for hydroxylation is 2. The molecule has 1 aliphatic rings. The molecular weight excluding hydrogens is 757 g/mol. The second-order valence-electron chi connectivity index (χ2n) is 16.7. The van der Waals surface area contributed by atoms with Gasteiger partial charge in [-0.1, -0.05) is 88.8 Å². The highest BCUT2D eigenvalue weighted by molar-refractivity contribution is 7.45. The van der Waals surface area contributed by atoms with Crippen molar-refractivity contribution in [3.63, 3.8) is 0 Å². The first-order chi connectivity index (χ1) is 27.7. The molecule has 4 atom stereocenters. The van der Waals surface area contributed by atoms with Crippen LogP contribution in [0, 0.1) is 13.8 Å². The normalized spacial score (nSPS) is 17.4. The van der Waals surface area contributed by atoms with Crippen LogP contribution in [0.25, 0.3) is 0 Å². The smallest absolute Gasteiger partial charge is 0.306 e. The van der Waals surface area contributed by atoms with E-state index >= 15 is 0 Å². The van der Waals surface area contributed by atoms with Crippen molar-refractivity contribution in [2.45, 2.75) is 174 Å². The molecule has 0 aromatic carbocycles. The van der Waals surface area contributed by atoms with Crippen LogP contribution in [0.4, 0.5) is 0 Å². The van der Waals surface area contributed by atoms with Crippen LogP contribution in [-0.4, -0.2) is 82.2 Å². The van der Waals surface area contributed by atoms with Gasteiger partial charge in [-0.05, 0) is 89.2 Å². The Kier molecular flexibility index (Phi) is 26.4. The van der Waals surface area contributed by atoms with E-state index in [2.05, 4.69) is 64.2 Å². The quantitative estimate of drug-likeness (QED) is 0.0162. The van der Waals surface area contributed by atoms with Crippen LogP contribution >= 0.6 is 7.82 Å². The number of ether oxygens (including phenoxy) is 3. The Hall–Kier alpha value is -2.53.